The number of urea groups is 1. The topological polar surface area (TPSA) is 102 Å². The molecule has 2 aromatic carbocycles. The zero-order valence-electron chi connectivity index (χ0n) is 17.1. The molecule has 0 aromatic heterocycles. The number of amides is 3. The lowest BCUT2D eigenvalue weighted by atomic mass is 10.0. The van der Waals surface area contributed by atoms with Gasteiger partial charge in [-0.25, -0.2) is 9.59 Å². The molecule has 154 valence electrons. The first-order valence-electron chi connectivity index (χ1n) is 9.31. The molecule has 0 aliphatic carbocycles. The second kappa shape index (κ2) is 9.23. The third-order valence-corrected chi connectivity index (χ3v) is 4.26. The maximum Gasteiger partial charge on any atom is 0.338 e. The van der Waals surface area contributed by atoms with Crippen LogP contribution in [0.15, 0.2) is 54.6 Å². The Kier molecular flexibility index (Phi) is 6.98. The zero-order chi connectivity index (χ0) is 21.6. The molecule has 0 fully saturated rings. The van der Waals surface area contributed by atoms with Crippen molar-refractivity contribution in [3.63, 3.8) is 0 Å². The van der Waals surface area contributed by atoms with Crippen LogP contribution in [0.4, 0.5) is 10.5 Å². The molecule has 7 heteroatoms. The number of carbonyl (C=O) groups is 3. The van der Waals surface area contributed by atoms with Gasteiger partial charge in [-0.3, -0.25) is 4.79 Å². The second-order valence-corrected chi connectivity index (χ2v) is 7.70. The molecule has 3 N–H and O–H groups in total. The van der Waals surface area contributed by atoms with Crippen LogP contribution >= 0.6 is 0 Å². The van der Waals surface area contributed by atoms with Crippen molar-refractivity contribution in [1.82, 2.24) is 4.90 Å². The predicted octanol–water partition coefficient (Wildman–Crippen LogP) is 3.55. The Hall–Kier alpha value is -3.35. The summed E-state index contributed by atoms with van der Waals surface area (Å²) >= 11 is 0. The lowest BCUT2D eigenvalue weighted by molar-refractivity contribution is -0.145. The van der Waals surface area contributed by atoms with E-state index in [0.717, 1.165) is 5.56 Å². The molecular formula is C22H27N3O4. The molecule has 2 aromatic rings. The number of primary amides is 1. The summed E-state index contributed by atoms with van der Waals surface area (Å²) < 4.78 is 5.40. The number of hydrogen-bond donors (Lipinski definition) is 2. The summed E-state index contributed by atoms with van der Waals surface area (Å²) in [5, 5.41) is 2.40. The van der Waals surface area contributed by atoms with E-state index >= 15 is 0 Å². The quantitative estimate of drug-likeness (QED) is 0.728. The van der Waals surface area contributed by atoms with Crippen molar-refractivity contribution < 1.29 is 19.1 Å². The van der Waals surface area contributed by atoms with Crippen molar-refractivity contribution in [2.75, 3.05) is 5.32 Å². The van der Waals surface area contributed by atoms with Gasteiger partial charge in [0.05, 0.1) is 5.56 Å². The first kappa shape index (κ1) is 21.9. The summed E-state index contributed by atoms with van der Waals surface area (Å²) in [5.41, 5.74) is 6.19. The average Bonchev–Trinajstić information content (AvgIpc) is 2.65. The number of esters is 1. The molecule has 0 unspecified atom stereocenters. The average molecular weight is 397 g/mol. The molecule has 7 nitrogen and oxygen atoms in total. The minimum Gasteiger partial charge on any atom is -0.449 e. The number of benzene rings is 2. The Bertz CT molecular complexity index is 875. The maximum absolute atomic E-state index is 13.0. The number of hydrogen-bond acceptors (Lipinski definition) is 4. The lowest BCUT2D eigenvalue weighted by Gasteiger charge is -2.37. The zero-order valence-corrected chi connectivity index (χ0v) is 17.1. The molecule has 0 saturated heterocycles. The summed E-state index contributed by atoms with van der Waals surface area (Å²) in [6, 6.07) is 15.1. The van der Waals surface area contributed by atoms with Crippen LogP contribution in [0.2, 0.25) is 0 Å². The van der Waals surface area contributed by atoms with E-state index in [0.29, 0.717) is 12.2 Å². The molecule has 1 atom stereocenters. The van der Waals surface area contributed by atoms with Crippen molar-refractivity contribution in [2.45, 2.75) is 45.9 Å². The van der Waals surface area contributed by atoms with Crippen LogP contribution in [0.25, 0.3) is 0 Å². The van der Waals surface area contributed by atoms with Crippen molar-refractivity contribution in [1.29, 1.82) is 0 Å². The van der Waals surface area contributed by atoms with Crippen molar-refractivity contribution in [3.8, 4) is 0 Å². The summed E-state index contributed by atoms with van der Waals surface area (Å²) in [6.45, 7) is 7.75. The Morgan fingerprint density at radius 2 is 1.72 bits per heavy atom. The van der Waals surface area contributed by atoms with Crippen LogP contribution in [0.1, 0.15) is 43.6 Å². The van der Waals surface area contributed by atoms with Gasteiger partial charge in [-0.2, -0.15) is 0 Å². The summed E-state index contributed by atoms with van der Waals surface area (Å²) in [6.07, 6.45) is -0.974. The number of rotatable bonds is 6. The highest BCUT2D eigenvalue weighted by Gasteiger charge is 2.32. The highest BCUT2D eigenvalue weighted by Crippen LogP contribution is 2.20. The normalized spacial score (nSPS) is 12.0. The van der Waals surface area contributed by atoms with Crippen molar-refractivity contribution >= 4 is 23.6 Å². The number of nitrogens with one attached hydrogen (secondary N) is 1. The van der Waals surface area contributed by atoms with Gasteiger partial charge in [0, 0.05) is 17.8 Å². The van der Waals surface area contributed by atoms with Gasteiger partial charge < -0.3 is 20.7 Å². The van der Waals surface area contributed by atoms with Crippen LogP contribution in [0.5, 0.6) is 0 Å². The molecule has 3 amide bonds. The third kappa shape index (κ3) is 6.34. The van der Waals surface area contributed by atoms with E-state index in [2.05, 4.69) is 5.32 Å². The fourth-order valence-corrected chi connectivity index (χ4v) is 2.78. The number of anilines is 1. The first-order valence-corrected chi connectivity index (χ1v) is 9.31. The fraction of sp³-hybridized carbons (Fsp3) is 0.318. The molecule has 29 heavy (non-hydrogen) atoms. The van der Waals surface area contributed by atoms with Gasteiger partial charge in [0.15, 0.2) is 6.10 Å². The molecule has 0 saturated carbocycles. The number of ether oxygens (including phenoxy) is 1. The van der Waals surface area contributed by atoms with E-state index in [1.165, 1.54) is 12.1 Å². The summed E-state index contributed by atoms with van der Waals surface area (Å²) in [4.78, 5) is 38.2. The largest absolute Gasteiger partial charge is 0.449 e. The summed E-state index contributed by atoms with van der Waals surface area (Å²) in [7, 11) is 0. The van der Waals surface area contributed by atoms with Crippen molar-refractivity contribution in [3.05, 3.63) is 65.7 Å². The van der Waals surface area contributed by atoms with Crippen LogP contribution in [-0.4, -0.2) is 34.5 Å². The SMILES string of the molecule is C[C@H](OC(=O)c1cccc(NC(N)=O)c1)C(=O)N(Cc1ccccc1)C(C)(C)C. The highest BCUT2D eigenvalue weighted by molar-refractivity contribution is 5.95. The lowest BCUT2D eigenvalue weighted by Crippen LogP contribution is -2.49. The molecule has 0 heterocycles. The first-order chi connectivity index (χ1) is 13.6. The second-order valence-electron chi connectivity index (χ2n) is 7.70. The van der Waals surface area contributed by atoms with E-state index in [-0.39, 0.29) is 11.5 Å². The van der Waals surface area contributed by atoms with E-state index in [1.807, 2.05) is 51.1 Å². The number of nitrogens with zero attached hydrogens (tertiary/aromatic N) is 1. The van der Waals surface area contributed by atoms with Crippen molar-refractivity contribution in [2.24, 2.45) is 5.73 Å². The third-order valence-electron chi connectivity index (χ3n) is 4.26. The van der Waals surface area contributed by atoms with Gasteiger partial charge in [0.25, 0.3) is 5.91 Å². The Balaban J connectivity index is 2.12. The predicted molar refractivity (Wildman–Crippen MR) is 111 cm³/mol. The molecule has 0 spiro atoms. The Labute approximate surface area is 170 Å². The molecule has 0 radical (unpaired) electrons. The standard InChI is InChI=1S/C22H27N3O4/c1-15(29-20(27)17-11-8-12-18(13-17)24-21(23)28)19(26)25(22(2,3)4)14-16-9-6-5-7-10-16/h5-13,15H,14H2,1-4H3,(H3,23,24,28)/t15-/m0/s1. The number of carbonyl (C=O) groups excluding carboxylic acids is 3. The fourth-order valence-electron chi connectivity index (χ4n) is 2.78. The van der Waals surface area contributed by atoms with E-state index in [4.69, 9.17) is 10.5 Å². The minimum atomic E-state index is -0.974. The van der Waals surface area contributed by atoms with Gasteiger partial charge in [0.1, 0.15) is 0 Å². The smallest absolute Gasteiger partial charge is 0.338 e. The van der Waals surface area contributed by atoms with E-state index < -0.39 is 23.6 Å². The highest BCUT2D eigenvalue weighted by atomic mass is 16.5. The summed E-state index contributed by atoms with van der Waals surface area (Å²) in [5.74, 6) is -0.950. The maximum atomic E-state index is 13.0. The van der Waals surface area contributed by atoms with E-state index in [1.54, 1.807) is 24.0 Å². The molecule has 0 aliphatic rings. The Morgan fingerprint density at radius 3 is 2.31 bits per heavy atom. The monoisotopic (exact) mass is 397 g/mol. The van der Waals surface area contributed by atoms with Crippen LogP contribution in [0, 0.1) is 0 Å². The molecule has 0 bridgehead atoms. The minimum absolute atomic E-state index is 0.210. The molecule has 2 rings (SSSR count). The van der Waals surface area contributed by atoms with Gasteiger partial charge >= 0.3 is 12.0 Å². The molecular weight excluding hydrogens is 370 g/mol. The molecule has 0 aliphatic heterocycles. The van der Waals surface area contributed by atoms with Crippen LogP contribution in [-0.2, 0) is 16.1 Å². The Morgan fingerprint density at radius 1 is 1.07 bits per heavy atom. The number of nitrogens with two attached hydrogens (primary N) is 1. The van der Waals surface area contributed by atoms with Crippen LogP contribution < -0.4 is 11.1 Å². The van der Waals surface area contributed by atoms with Gasteiger partial charge in [-0.05, 0) is 51.5 Å². The van der Waals surface area contributed by atoms with Gasteiger partial charge in [0.2, 0.25) is 0 Å². The van der Waals surface area contributed by atoms with Gasteiger partial charge in [-0.1, -0.05) is 36.4 Å². The van der Waals surface area contributed by atoms with Crippen LogP contribution in [0.3, 0.4) is 0 Å². The van der Waals surface area contributed by atoms with E-state index in [9.17, 15) is 14.4 Å². The van der Waals surface area contributed by atoms with Gasteiger partial charge in [-0.15, -0.1) is 0 Å².